The first-order valence-corrected chi connectivity index (χ1v) is 23.5. The second-order valence-electron chi connectivity index (χ2n) is 14.4. The zero-order chi connectivity index (χ0) is 40.8. The van der Waals surface area contributed by atoms with E-state index in [0.29, 0.717) is 0 Å². The molecule has 1 nitrogen and oxygen atoms in total. The average molecular weight is 855 g/mol. The molecular weight excluding hydrogens is 817 g/mol. The van der Waals surface area contributed by atoms with E-state index < -0.39 is 0 Å². The van der Waals surface area contributed by atoms with Gasteiger partial charge in [-0.2, -0.15) is 0 Å². The van der Waals surface area contributed by atoms with Gasteiger partial charge in [0.1, 0.15) is 11.2 Å². The summed E-state index contributed by atoms with van der Waals surface area (Å²) in [5, 5.41) is 17.3. The Labute approximate surface area is 369 Å². The monoisotopic (exact) mass is 854 g/mol. The molecule has 0 unspecified atom stereocenters. The van der Waals surface area contributed by atoms with Crippen LogP contribution in [-0.2, 0) is 0 Å². The van der Waals surface area contributed by atoms with Crippen LogP contribution in [0, 0.1) is 0 Å². The summed E-state index contributed by atoms with van der Waals surface area (Å²) in [4.78, 5) is 0. The van der Waals surface area contributed by atoms with Gasteiger partial charge in [0.25, 0.3) is 0 Å². The van der Waals surface area contributed by atoms with Gasteiger partial charge in [0.05, 0.1) is 9.40 Å². The van der Waals surface area contributed by atoms with Gasteiger partial charge in [0, 0.05) is 40.3 Å². The first-order chi connectivity index (χ1) is 30.2. The van der Waals surface area contributed by atoms with Gasteiger partial charge in [0.2, 0.25) is 0 Å². The molecule has 0 aliphatic heterocycles. The minimum Gasteiger partial charge on any atom is -0.456 e. The number of para-hydroxylation sites is 2. The largest absolute Gasteiger partial charge is 0.456 e. The third-order valence-electron chi connectivity index (χ3n) is 10.5. The second-order valence-corrected chi connectivity index (χ2v) is 18.4. The summed E-state index contributed by atoms with van der Waals surface area (Å²) in [6.45, 7) is 0. The average Bonchev–Trinajstić information content (AvgIpc) is 4.17. The lowest BCUT2D eigenvalue weighted by molar-refractivity contribution is 0.669. The van der Waals surface area contributed by atoms with E-state index in [-0.39, 0.29) is 0 Å². The molecule has 0 spiro atoms. The molecule has 5 aromatic heterocycles. The maximum atomic E-state index is 5.65. The molecule has 0 fully saturated rings. The van der Waals surface area contributed by atoms with Crippen molar-refractivity contribution in [3.8, 4) is 0 Å². The third-order valence-corrected chi connectivity index (χ3v) is 15.0. The lowest BCUT2D eigenvalue weighted by atomic mass is 10.0. The number of thiophene rings is 4. The van der Waals surface area contributed by atoms with Crippen molar-refractivity contribution in [2.75, 3.05) is 0 Å². The fraction of sp³-hybridized carbons (Fsp3) is 0. The van der Waals surface area contributed by atoms with E-state index in [1.807, 2.05) is 81.7 Å². The molecule has 5 heterocycles. The number of furan rings is 1. The molecule has 9 aromatic carbocycles. The summed E-state index contributed by atoms with van der Waals surface area (Å²) < 4.78 is 14.2. The maximum absolute atomic E-state index is 5.65. The fourth-order valence-corrected chi connectivity index (χ4v) is 12.2. The van der Waals surface area contributed by atoms with Crippen molar-refractivity contribution in [3.63, 3.8) is 0 Å². The molecule has 0 N–H and O–H groups in total. The first kappa shape index (κ1) is 38.6. The molecule has 0 aliphatic carbocycles. The van der Waals surface area contributed by atoms with E-state index in [4.69, 9.17) is 4.42 Å². The van der Waals surface area contributed by atoms with E-state index in [2.05, 4.69) is 193 Å². The molecule has 0 amide bonds. The Kier molecular flexibility index (Phi) is 11.4. The molecule has 14 rings (SSSR count). The van der Waals surface area contributed by atoms with Crippen molar-refractivity contribution in [1.82, 2.24) is 0 Å². The van der Waals surface area contributed by atoms with Gasteiger partial charge in [-0.15, -0.1) is 45.3 Å². The van der Waals surface area contributed by atoms with Crippen LogP contribution in [0.2, 0.25) is 0 Å². The molecule has 292 valence electrons. The number of benzene rings is 9. The lowest BCUT2D eigenvalue weighted by Crippen LogP contribution is -1.74. The van der Waals surface area contributed by atoms with Crippen molar-refractivity contribution in [1.29, 1.82) is 0 Å². The Hall–Kier alpha value is -6.60. The van der Waals surface area contributed by atoms with Gasteiger partial charge in [0.15, 0.2) is 0 Å². The van der Waals surface area contributed by atoms with Gasteiger partial charge in [-0.05, 0) is 91.6 Å². The van der Waals surface area contributed by atoms with Crippen LogP contribution in [0.1, 0.15) is 0 Å². The normalized spacial score (nSPS) is 11.0. The van der Waals surface area contributed by atoms with Crippen LogP contribution < -0.4 is 0 Å². The van der Waals surface area contributed by atoms with E-state index in [1.165, 1.54) is 82.1 Å². The quantitative estimate of drug-likeness (QED) is 0.139. The van der Waals surface area contributed by atoms with Crippen LogP contribution in [0.3, 0.4) is 0 Å². The zero-order valence-corrected chi connectivity index (χ0v) is 36.2. The molecule has 0 atom stereocenters. The van der Waals surface area contributed by atoms with E-state index in [1.54, 1.807) is 0 Å². The van der Waals surface area contributed by atoms with Crippen molar-refractivity contribution in [2.24, 2.45) is 0 Å². The number of hydrogen-bond donors (Lipinski definition) is 0. The standard InChI is InChI=1S/C14H10.C12H8O.C12H8S.C10H8.C8H4S3/c1-2-6-12-10-14-8-4-3-7-13(14)9-11(12)5-1;2*1-3-7-11-9(5-1)10-6-2-4-8-12(10)13-11;1-2-6-10-8-4-3-7-9(10)5-1;1-3-9-7-5(1)11-6-2-4-10-8(6)7/h1-10H;2*1-8H;1-8H;1-4H. The highest BCUT2D eigenvalue weighted by molar-refractivity contribution is 7.37. The summed E-state index contributed by atoms with van der Waals surface area (Å²) in [6.07, 6.45) is 0. The summed E-state index contributed by atoms with van der Waals surface area (Å²) in [5.41, 5.74) is 1.92. The first-order valence-electron chi connectivity index (χ1n) is 20.1. The second kappa shape index (κ2) is 17.9. The van der Waals surface area contributed by atoms with Crippen molar-refractivity contribution < 1.29 is 4.42 Å². The summed E-state index contributed by atoms with van der Waals surface area (Å²) >= 11 is 7.46. The molecule has 0 bridgehead atoms. The zero-order valence-electron chi connectivity index (χ0n) is 33.0. The highest BCUT2D eigenvalue weighted by Crippen LogP contribution is 2.40. The molecule has 14 aromatic rings. The van der Waals surface area contributed by atoms with Gasteiger partial charge < -0.3 is 4.42 Å². The van der Waals surface area contributed by atoms with Crippen molar-refractivity contribution in [2.45, 2.75) is 0 Å². The molecule has 0 aliphatic rings. The number of fused-ring (bicyclic) bond motifs is 12. The Balaban J connectivity index is 0.0000000917. The van der Waals surface area contributed by atoms with Gasteiger partial charge in [-0.25, -0.2) is 0 Å². The summed E-state index contributed by atoms with van der Waals surface area (Å²) in [5.74, 6) is 0. The Morgan fingerprint density at radius 3 is 0.984 bits per heavy atom. The highest BCUT2D eigenvalue weighted by Gasteiger charge is 2.06. The SMILES string of the molecule is c1cc2sc3ccsc3c2s1.c1ccc2c(c1)oc1ccccc12.c1ccc2c(c1)sc1ccccc12.c1ccc2cc3ccccc3cc2c1.c1ccc2ccccc2c1. The van der Waals surface area contributed by atoms with Crippen LogP contribution >= 0.6 is 45.3 Å². The lowest BCUT2D eigenvalue weighted by Gasteiger charge is -2.00. The predicted molar refractivity (Wildman–Crippen MR) is 274 cm³/mol. The summed E-state index contributed by atoms with van der Waals surface area (Å²) in [7, 11) is 0. The minimum absolute atomic E-state index is 0.962. The Morgan fingerprint density at radius 2 is 0.574 bits per heavy atom. The Morgan fingerprint density at radius 1 is 0.262 bits per heavy atom. The third kappa shape index (κ3) is 8.43. The molecule has 5 heteroatoms. The smallest absolute Gasteiger partial charge is 0.135 e. The molecule has 0 saturated heterocycles. The van der Waals surface area contributed by atoms with Crippen LogP contribution in [0.15, 0.2) is 234 Å². The van der Waals surface area contributed by atoms with E-state index in [0.717, 1.165) is 11.2 Å². The number of hydrogen-bond acceptors (Lipinski definition) is 5. The molecule has 0 saturated carbocycles. The minimum atomic E-state index is 0.962. The van der Waals surface area contributed by atoms with Gasteiger partial charge in [-0.1, -0.05) is 170 Å². The predicted octanol–water partition coefficient (Wildman–Crippen LogP) is 18.7. The molecule has 0 radical (unpaired) electrons. The number of rotatable bonds is 0. The van der Waals surface area contributed by atoms with E-state index >= 15 is 0 Å². The molecular formula is C56H38OS4. The topological polar surface area (TPSA) is 13.1 Å². The van der Waals surface area contributed by atoms with Gasteiger partial charge >= 0.3 is 0 Å². The van der Waals surface area contributed by atoms with E-state index in [9.17, 15) is 0 Å². The van der Waals surface area contributed by atoms with Crippen LogP contribution in [0.4, 0.5) is 0 Å². The van der Waals surface area contributed by atoms with Crippen molar-refractivity contribution in [3.05, 3.63) is 229 Å². The summed E-state index contributed by atoms with van der Waals surface area (Å²) in [6, 6.07) is 75.9. The maximum Gasteiger partial charge on any atom is 0.135 e. The van der Waals surface area contributed by atoms with Crippen LogP contribution in [0.25, 0.3) is 93.2 Å². The van der Waals surface area contributed by atoms with Crippen molar-refractivity contribution >= 4 is 139 Å². The van der Waals surface area contributed by atoms with Crippen LogP contribution in [-0.4, -0.2) is 0 Å². The van der Waals surface area contributed by atoms with Gasteiger partial charge in [-0.3, -0.25) is 0 Å². The fourth-order valence-electron chi connectivity index (χ4n) is 7.57. The molecule has 61 heavy (non-hydrogen) atoms. The highest BCUT2D eigenvalue weighted by atomic mass is 32.1. The van der Waals surface area contributed by atoms with Crippen LogP contribution in [0.5, 0.6) is 0 Å². The Bertz CT molecular complexity index is 3270.